The lowest BCUT2D eigenvalue weighted by Crippen LogP contribution is -2.29. The van der Waals surface area contributed by atoms with Crippen LogP contribution < -0.4 is 11.3 Å². The highest BCUT2D eigenvalue weighted by Gasteiger charge is 2.12. The highest BCUT2D eigenvalue weighted by molar-refractivity contribution is 7.10. The van der Waals surface area contributed by atoms with Crippen molar-refractivity contribution in [2.75, 3.05) is 0 Å². The zero-order chi connectivity index (χ0) is 13.1. The largest absolute Gasteiger partial charge is 0.271 e. The number of hydrogen-bond donors (Lipinski definition) is 2. The van der Waals surface area contributed by atoms with Gasteiger partial charge in [0.2, 0.25) is 0 Å². The smallest absolute Gasteiger partial charge is 0.0508 e. The van der Waals surface area contributed by atoms with Gasteiger partial charge in [0.1, 0.15) is 0 Å². The summed E-state index contributed by atoms with van der Waals surface area (Å²) in [6.45, 7) is 6.41. The summed E-state index contributed by atoms with van der Waals surface area (Å²) >= 11 is 1.77. The summed E-state index contributed by atoms with van der Waals surface area (Å²) in [6.07, 6.45) is 0.924. The van der Waals surface area contributed by atoms with Gasteiger partial charge in [0.15, 0.2) is 0 Å². The fourth-order valence-electron chi connectivity index (χ4n) is 2.09. The fourth-order valence-corrected chi connectivity index (χ4v) is 2.84. The van der Waals surface area contributed by atoms with E-state index in [2.05, 4.69) is 55.8 Å². The molecule has 0 fully saturated rings. The SMILES string of the molecule is Cc1cc(C(Cc2ccc(C)c(C)c2)NN)cs1. The van der Waals surface area contributed by atoms with Crippen LogP contribution in [0.1, 0.15) is 33.2 Å². The van der Waals surface area contributed by atoms with E-state index in [0.717, 1.165) is 6.42 Å². The monoisotopic (exact) mass is 260 g/mol. The highest BCUT2D eigenvalue weighted by atomic mass is 32.1. The van der Waals surface area contributed by atoms with Crippen molar-refractivity contribution in [1.29, 1.82) is 0 Å². The quantitative estimate of drug-likeness (QED) is 0.653. The topological polar surface area (TPSA) is 38.0 Å². The molecule has 2 nitrogen and oxygen atoms in total. The van der Waals surface area contributed by atoms with Crippen LogP contribution >= 0.6 is 11.3 Å². The lowest BCUT2D eigenvalue weighted by atomic mass is 9.98. The van der Waals surface area contributed by atoms with Crippen molar-refractivity contribution in [3.63, 3.8) is 0 Å². The van der Waals surface area contributed by atoms with Crippen LogP contribution in [0.5, 0.6) is 0 Å². The number of rotatable bonds is 4. The molecule has 96 valence electrons. The van der Waals surface area contributed by atoms with Crippen molar-refractivity contribution < 1.29 is 0 Å². The second-order valence-corrected chi connectivity index (χ2v) is 5.95. The summed E-state index contributed by atoms with van der Waals surface area (Å²) in [5.41, 5.74) is 8.19. The molecule has 0 saturated heterocycles. The zero-order valence-electron chi connectivity index (χ0n) is 11.2. The van der Waals surface area contributed by atoms with Gasteiger partial charge in [-0.1, -0.05) is 18.2 Å². The summed E-state index contributed by atoms with van der Waals surface area (Å²) in [5, 5.41) is 2.18. The average molecular weight is 260 g/mol. The van der Waals surface area contributed by atoms with E-state index < -0.39 is 0 Å². The molecular formula is C15H20N2S. The minimum Gasteiger partial charge on any atom is -0.271 e. The molecule has 0 radical (unpaired) electrons. The standard InChI is InChI=1S/C15H20N2S/c1-10-4-5-13(6-11(10)2)8-15(17-16)14-7-12(3)18-9-14/h4-7,9,15,17H,8,16H2,1-3H3. The van der Waals surface area contributed by atoms with Crippen LogP contribution in [0.25, 0.3) is 0 Å². The van der Waals surface area contributed by atoms with Gasteiger partial charge in [0, 0.05) is 4.88 Å². The molecule has 2 rings (SSSR count). The van der Waals surface area contributed by atoms with Crippen molar-refractivity contribution in [1.82, 2.24) is 5.43 Å². The first-order valence-corrected chi connectivity index (χ1v) is 7.05. The summed E-state index contributed by atoms with van der Waals surface area (Å²) in [4.78, 5) is 1.32. The summed E-state index contributed by atoms with van der Waals surface area (Å²) in [5.74, 6) is 5.68. The molecule has 0 aliphatic rings. The number of benzene rings is 1. The van der Waals surface area contributed by atoms with E-state index in [-0.39, 0.29) is 6.04 Å². The third-order valence-electron chi connectivity index (χ3n) is 3.37. The van der Waals surface area contributed by atoms with Crippen LogP contribution in [0, 0.1) is 20.8 Å². The van der Waals surface area contributed by atoms with Gasteiger partial charge in [-0.2, -0.15) is 0 Å². The third-order valence-corrected chi connectivity index (χ3v) is 4.25. The predicted molar refractivity (Wildman–Crippen MR) is 78.7 cm³/mol. The van der Waals surface area contributed by atoms with E-state index in [1.54, 1.807) is 11.3 Å². The maximum Gasteiger partial charge on any atom is 0.0508 e. The Balaban J connectivity index is 2.17. The van der Waals surface area contributed by atoms with E-state index in [1.807, 2.05) is 0 Å². The second kappa shape index (κ2) is 5.65. The molecule has 1 atom stereocenters. The Morgan fingerprint density at radius 2 is 1.94 bits per heavy atom. The molecule has 2 aromatic rings. The van der Waals surface area contributed by atoms with Crippen molar-refractivity contribution in [2.45, 2.75) is 33.2 Å². The van der Waals surface area contributed by atoms with Crippen molar-refractivity contribution in [3.8, 4) is 0 Å². The van der Waals surface area contributed by atoms with Crippen LogP contribution in [0.3, 0.4) is 0 Å². The molecule has 0 aliphatic heterocycles. The molecular weight excluding hydrogens is 240 g/mol. The van der Waals surface area contributed by atoms with Gasteiger partial charge in [0.05, 0.1) is 6.04 Å². The van der Waals surface area contributed by atoms with E-state index >= 15 is 0 Å². The summed E-state index contributed by atoms with van der Waals surface area (Å²) < 4.78 is 0. The molecule has 1 unspecified atom stereocenters. The lowest BCUT2D eigenvalue weighted by molar-refractivity contribution is 0.553. The number of aryl methyl sites for hydroxylation is 3. The first kappa shape index (κ1) is 13.3. The first-order chi connectivity index (χ1) is 8.60. The molecule has 1 heterocycles. The zero-order valence-corrected chi connectivity index (χ0v) is 12.0. The molecule has 3 N–H and O–H groups in total. The first-order valence-electron chi connectivity index (χ1n) is 6.17. The Labute approximate surface area is 113 Å². The van der Waals surface area contributed by atoms with Crippen molar-refractivity contribution >= 4 is 11.3 Å². The van der Waals surface area contributed by atoms with Gasteiger partial charge < -0.3 is 0 Å². The molecule has 1 aromatic carbocycles. The number of thiophene rings is 1. The van der Waals surface area contributed by atoms with Crippen LogP contribution in [0.15, 0.2) is 29.6 Å². The van der Waals surface area contributed by atoms with Crippen molar-refractivity contribution in [3.05, 3.63) is 56.8 Å². The number of nitrogens with two attached hydrogens (primary N) is 1. The maximum absolute atomic E-state index is 5.68. The molecule has 0 spiro atoms. The van der Waals surface area contributed by atoms with Gasteiger partial charge in [0.25, 0.3) is 0 Å². The van der Waals surface area contributed by atoms with Gasteiger partial charge >= 0.3 is 0 Å². The van der Waals surface area contributed by atoms with Crippen LogP contribution in [0.4, 0.5) is 0 Å². The number of hydrogen-bond acceptors (Lipinski definition) is 3. The molecule has 0 bridgehead atoms. The van der Waals surface area contributed by atoms with Gasteiger partial charge in [-0.15, -0.1) is 11.3 Å². The number of nitrogens with one attached hydrogen (secondary N) is 1. The fraction of sp³-hybridized carbons (Fsp3) is 0.333. The Morgan fingerprint density at radius 3 is 2.50 bits per heavy atom. The molecule has 1 aromatic heterocycles. The Bertz CT molecular complexity index is 531. The number of hydrazine groups is 1. The average Bonchev–Trinajstić information content (AvgIpc) is 2.77. The van der Waals surface area contributed by atoms with E-state index in [9.17, 15) is 0 Å². The van der Waals surface area contributed by atoms with Crippen LogP contribution in [-0.4, -0.2) is 0 Å². The summed E-state index contributed by atoms with van der Waals surface area (Å²) in [7, 11) is 0. The molecule has 3 heteroatoms. The normalized spacial score (nSPS) is 12.7. The lowest BCUT2D eigenvalue weighted by Gasteiger charge is -2.15. The molecule has 0 aliphatic carbocycles. The minimum atomic E-state index is 0.192. The third kappa shape index (κ3) is 2.99. The van der Waals surface area contributed by atoms with Gasteiger partial charge in [-0.05, 0) is 60.9 Å². The van der Waals surface area contributed by atoms with Crippen molar-refractivity contribution in [2.24, 2.45) is 5.84 Å². The van der Waals surface area contributed by atoms with Crippen LogP contribution in [-0.2, 0) is 6.42 Å². The molecule has 18 heavy (non-hydrogen) atoms. The minimum absolute atomic E-state index is 0.192. The second-order valence-electron chi connectivity index (χ2n) is 4.83. The van der Waals surface area contributed by atoms with E-state index in [0.29, 0.717) is 0 Å². The highest BCUT2D eigenvalue weighted by Crippen LogP contribution is 2.23. The molecule has 0 saturated carbocycles. The predicted octanol–water partition coefficient (Wildman–Crippen LogP) is 3.42. The summed E-state index contributed by atoms with van der Waals surface area (Å²) in [6, 6.07) is 9.01. The van der Waals surface area contributed by atoms with Gasteiger partial charge in [-0.25, -0.2) is 0 Å². The maximum atomic E-state index is 5.68. The van der Waals surface area contributed by atoms with Gasteiger partial charge in [-0.3, -0.25) is 11.3 Å². The van der Waals surface area contributed by atoms with E-state index in [4.69, 9.17) is 5.84 Å². The Hall–Kier alpha value is -1.16. The Kier molecular flexibility index (Phi) is 4.17. The Morgan fingerprint density at radius 1 is 1.17 bits per heavy atom. The molecule has 0 amide bonds. The van der Waals surface area contributed by atoms with E-state index in [1.165, 1.54) is 27.1 Å². The van der Waals surface area contributed by atoms with Crippen LogP contribution in [0.2, 0.25) is 0 Å².